The van der Waals surface area contributed by atoms with E-state index in [-0.39, 0.29) is 6.10 Å². The van der Waals surface area contributed by atoms with Crippen LogP contribution in [0.25, 0.3) is 0 Å². The zero-order valence-electron chi connectivity index (χ0n) is 19.3. The number of hydrogen-bond acceptors (Lipinski definition) is 1. The summed E-state index contributed by atoms with van der Waals surface area (Å²) in [7, 11) is 0. The molecule has 0 spiro atoms. The molecule has 28 heavy (non-hydrogen) atoms. The summed E-state index contributed by atoms with van der Waals surface area (Å²) in [5, 5.41) is 10.2. The normalized spacial score (nSPS) is 47.5. The molecule has 0 unspecified atom stereocenters. The van der Waals surface area contributed by atoms with Crippen molar-refractivity contribution in [2.75, 3.05) is 0 Å². The molecule has 1 heteroatoms. The molecule has 160 valence electrons. The lowest BCUT2D eigenvalue weighted by atomic mass is 9.47. The van der Waals surface area contributed by atoms with Gasteiger partial charge in [0.2, 0.25) is 0 Å². The molecule has 0 bridgehead atoms. The molecule has 4 rings (SSSR count). The van der Waals surface area contributed by atoms with E-state index in [9.17, 15) is 5.11 Å². The van der Waals surface area contributed by atoms with E-state index in [2.05, 4.69) is 40.7 Å². The van der Waals surface area contributed by atoms with Gasteiger partial charge in [-0.1, -0.05) is 65.5 Å². The molecule has 4 aliphatic carbocycles. The topological polar surface area (TPSA) is 20.2 Å². The minimum absolute atomic E-state index is 0.0769. The lowest BCUT2D eigenvalue weighted by Gasteiger charge is -2.58. The molecule has 1 N–H and O–H groups in total. The highest BCUT2D eigenvalue weighted by atomic mass is 16.3. The van der Waals surface area contributed by atoms with Crippen LogP contribution in [-0.4, -0.2) is 11.2 Å². The van der Waals surface area contributed by atoms with E-state index in [4.69, 9.17) is 0 Å². The van der Waals surface area contributed by atoms with Gasteiger partial charge < -0.3 is 5.11 Å². The van der Waals surface area contributed by atoms with Gasteiger partial charge in [0.05, 0.1) is 6.10 Å². The molecule has 0 aromatic carbocycles. The van der Waals surface area contributed by atoms with Crippen LogP contribution in [0.15, 0.2) is 11.6 Å². The van der Waals surface area contributed by atoms with Gasteiger partial charge in [-0.2, -0.15) is 0 Å². The Morgan fingerprint density at radius 1 is 1.04 bits per heavy atom. The fraction of sp³-hybridized carbons (Fsp3) is 0.926. The lowest BCUT2D eigenvalue weighted by Crippen LogP contribution is -2.50. The predicted molar refractivity (Wildman–Crippen MR) is 119 cm³/mol. The van der Waals surface area contributed by atoms with Crippen LogP contribution < -0.4 is 0 Å². The quantitative estimate of drug-likeness (QED) is 0.488. The Labute approximate surface area is 174 Å². The molecule has 0 aromatic heterocycles. The van der Waals surface area contributed by atoms with Crippen LogP contribution >= 0.6 is 0 Å². The minimum Gasteiger partial charge on any atom is -0.393 e. The van der Waals surface area contributed by atoms with Gasteiger partial charge in [-0.25, -0.2) is 0 Å². The molecular formula is C27H46O. The second kappa shape index (κ2) is 7.75. The second-order valence-electron chi connectivity index (χ2n) is 12.0. The largest absolute Gasteiger partial charge is 0.393 e. The zero-order valence-corrected chi connectivity index (χ0v) is 19.3. The molecule has 0 heterocycles. The first kappa shape index (κ1) is 21.0. The van der Waals surface area contributed by atoms with Gasteiger partial charge in [0.1, 0.15) is 0 Å². The Morgan fingerprint density at radius 3 is 2.57 bits per heavy atom. The Hall–Kier alpha value is -0.300. The monoisotopic (exact) mass is 386 g/mol. The van der Waals surface area contributed by atoms with Crippen LogP contribution in [0.5, 0.6) is 0 Å². The summed E-state index contributed by atoms with van der Waals surface area (Å²) in [6, 6.07) is 0. The van der Waals surface area contributed by atoms with E-state index in [1.165, 1.54) is 57.8 Å². The van der Waals surface area contributed by atoms with Crippen LogP contribution in [0.1, 0.15) is 105 Å². The Kier molecular flexibility index (Phi) is 5.80. The van der Waals surface area contributed by atoms with E-state index < -0.39 is 0 Å². The minimum atomic E-state index is -0.0769. The van der Waals surface area contributed by atoms with Crippen molar-refractivity contribution in [3.8, 4) is 0 Å². The fourth-order valence-corrected chi connectivity index (χ4v) is 8.57. The molecule has 3 fully saturated rings. The second-order valence-corrected chi connectivity index (χ2v) is 12.0. The first-order valence-corrected chi connectivity index (χ1v) is 12.7. The van der Waals surface area contributed by atoms with Gasteiger partial charge in [0.15, 0.2) is 0 Å². The molecule has 4 aliphatic rings. The Bertz CT molecular complexity index is 593. The van der Waals surface area contributed by atoms with Gasteiger partial charge in [-0.05, 0) is 97.7 Å². The molecule has 3 saturated carbocycles. The van der Waals surface area contributed by atoms with Crippen molar-refractivity contribution in [1.82, 2.24) is 0 Å². The average Bonchev–Trinajstić information content (AvgIpc) is 3.03. The van der Waals surface area contributed by atoms with Gasteiger partial charge in [-0.15, -0.1) is 0 Å². The van der Waals surface area contributed by atoms with Crippen LogP contribution in [0.4, 0.5) is 0 Å². The Morgan fingerprint density at radius 2 is 1.82 bits per heavy atom. The summed E-state index contributed by atoms with van der Waals surface area (Å²) >= 11 is 0. The maximum Gasteiger partial charge on any atom is 0.0577 e. The first-order chi connectivity index (χ1) is 13.3. The van der Waals surface area contributed by atoms with E-state index in [0.29, 0.717) is 10.8 Å². The lowest BCUT2D eigenvalue weighted by molar-refractivity contribution is -0.0574. The maximum absolute atomic E-state index is 10.2. The SMILES string of the molecule is CC[C@H](C)CC[C@@H](C)[C@H]1CC[C@H]2[C@@H]3CC=C4C[C@@H](O)CC[C@]4(C)[C@H]3CC[C@]12C. The maximum atomic E-state index is 10.2. The molecule has 0 amide bonds. The third-order valence-corrected chi connectivity index (χ3v) is 10.6. The highest BCUT2D eigenvalue weighted by Gasteiger charge is 2.59. The number of aliphatic hydroxyl groups is 1. The number of fused-ring (bicyclic) bond motifs is 5. The van der Waals surface area contributed by atoms with Gasteiger partial charge in [0, 0.05) is 0 Å². The summed E-state index contributed by atoms with van der Waals surface area (Å²) in [6.07, 6.45) is 17.1. The standard InChI is InChI=1S/C27H46O/c1-6-18(2)7-8-19(3)23-11-12-24-22-10-9-20-17-21(28)13-15-26(20,4)25(22)14-16-27(23,24)5/h9,18-19,21-25,28H,6-8,10-17H2,1-5H3/t18-,19+,21-,22-,23+,24-,25-,26-,27+/m0/s1. The van der Waals surface area contributed by atoms with E-state index >= 15 is 0 Å². The highest BCUT2D eigenvalue weighted by molar-refractivity contribution is 5.25. The van der Waals surface area contributed by atoms with Crippen molar-refractivity contribution in [2.24, 2.45) is 46.3 Å². The van der Waals surface area contributed by atoms with Crippen LogP contribution in [0.3, 0.4) is 0 Å². The van der Waals surface area contributed by atoms with Crippen molar-refractivity contribution in [2.45, 2.75) is 111 Å². The van der Waals surface area contributed by atoms with Crippen molar-refractivity contribution in [3.05, 3.63) is 11.6 Å². The van der Waals surface area contributed by atoms with Gasteiger partial charge in [-0.3, -0.25) is 0 Å². The van der Waals surface area contributed by atoms with Crippen molar-refractivity contribution in [1.29, 1.82) is 0 Å². The highest BCUT2D eigenvalue weighted by Crippen LogP contribution is 2.67. The van der Waals surface area contributed by atoms with Crippen molar-refractivity contribution >= 4 is 0 Å². The number of allylic oxidation sites excluding steroid dienone is 1. The third-order valence-electron chi connectivity index (χ3n) is 10.6. The molecule has 0 radical (unpaired) electrons. The predicted octanol–water partition coefficient (Wildman–Crippen LogP) is 7.39. The fourth-order valence-electron chi connectivity index (χ4n) is 8.57. The third kappa shape index (κ3) is 3.32. The zero-order chi connectivity index (χ0) is 20.1. The van der Waals surface area contributed by atoms with Crippen molar-refractivity contribution in [3.63, 3.8) is 0 Å². The summed E-state index contributed by atoms with van der Waals surface area (Å²) in [5.41, 5.74) is 2.60. The van der Waals surface area contributed by atoms with Crippen LogP contribution in [0, 0.1) is 46.3 Å². The molecule has 0 aliphatic heterocycles. The summed E-state index contributed by atoms with van der Waals surface area (Å²) in [5.74, 6) is 5.49. The van der Waals surface area contributed by atoms with Crippen LogP contribution in [-0.2, 0) is 0 Å². The van der Waals surface area contributed by atoms with Gasteiger partial charge in [0.25, 0.3) is 0 Å². The van der Waals surface area contributed by atoms with Gasteiger partial charge >= 0.3 is 0 Å². The summed E-state index contributed by atoms with van der Waals surface area (Å²) < 4.78 is 0. The van der Waals surface area contributed by atoms with E-state index in [1.54, 1.807) is 5.57 Å². The first-order valence-electron chi connectivity index (χ1n) is 12.7. The van der Waals surface area contributed by atoms with Crippen molar-refractivity contribution < 1.29 is 5.11 Å². The smallest absolute Gasteiger partial charge is 0.0577 e. The molecule has 0 aromatic rings. The molecular weight excluding hydrogens is 340 g/mol. The number of rotatable bonds is 5. The summed E-state index contributed by atoms with van der Waals surface area (Å²) in [6.45, 7) is 12.6. The molecule has 0 saturated heterocycles. The van der Waals surface area contributed by atoms with E-state index in [0.717, 1.165) is 48.3 Å². The number of hydrogen-bond donors (Lipinski definition) is 1. The average molecular weight is 387 g/mol. The molecule has 9 atom stereocenters. The van der Waals surface area contributed by atoms with Crippen LogP contribution in [0.2, 0.25) is 0 Å². The molecule has 1 nitrogen and oxygen atoms in total. The number of aliphatic hydroxyl groups excluding tert-OH is 1. The Balaban J connectivity index is 1.50. The van der Waals surface area contributed by atoms with E-state index in [1.807, 2.05) is 0 Å². The summed E-state index contributed by atoms with van der Waals surface area (Å²) in [4.78, 5) is 0.